The van der Waals surface area contributed by atoms with Gasteiger partial charge in [-0.1, -0.05) is 18.2 Å². The Morgan fingerprint density at radius 3 is 2.47 bits per heavy atom. The second-order valence-corrected chi connectivity index (χ2v) is 3.27. The van der Waals surface area contributed by atoms with Crippen molar-refractivity contribution in [3.63, 3.8) is 0 Å². The summed E-state index contributed by atoms with van der Waals surface area (Å²) in [4.78, 5) is 22.3. The molecule has 1 aromatic rings. The molecule has 4 heteroatoms. The molecule has 0 spiro atoms. The summed E-state index contributed by atoms with van der Waals surface area (Å²) in [6, 6.07) is 7.13. The first-order chi connectivity index (χ1) is 8.13. The predicted octanol–water partition coefficient (Wildman–Crippen LogP) is 2.02. The van der Waals surface area contributed by atoms with Crippen LogP contribution in [0.2, 0.25) is 0 Å². The van der Waals surface area contributed by atoms with Gasteiger partial charge >= 0.3 is 11.9 Å². The molecule has 0 heterocycles. The Labute approximate surface area is 99.8 Å². The van der Waals surface area contributed by atoms with Gasteiger partial charge in [0.05, 0.1) is 6.61 Å². The number of hydrogen-bond donors (Lipinski definition) is 0. The van der Waals surface area contributed by atoms with Crippen LogP contribution in [0.25, 0.3) is 0 Å². The maximum absolute atomic E-state index is 11.4. The quantitative estimate of drug-likeness (QED) is 0.454. The zero-order chi connectivity index (χ0) is 12.7. The van der Waals surface area contributed by atoms with Gasteiger partial charge in [-0.25, -0.2) is 9.59 Å². The summed E-state index contributed by atoms with van der Waals surface area (Å²) >= 11 is 0. The van der Waals surface area contributed by atoms with Crippen molar-refractivity contribution in [1.29, 1.82) is 0 Å². The van der Waals surface area contributed by atoms with Gasteiger partial charge in [0.1, 0.15) is 5.75 Å². The molecule has 0 bridgehead atoms. The first-order valence-corrected chi connectivity index (χ1v) is 5.25. The molecule has 0 atom stereocenters. The maximum Gasteiger partial charge on any atom is 0.336 e. The lowest BCUT2D eigenvalue weighted by molar-refractivity contribution is -0.138. The van der Waals surface area contributed by atoms with Gasteiger partial charge in [0.25, 0.3) is 0 Å². The maximum atomic E-state index is 11.4. The fourth-order valence-electron chi connectivity index (χ4n) is 1.14. The van der Waals surface area contributed by atoms with Crippen LogP contribution in [0.1, 0.15) is 12.5 Å². The van der Waals surface area contributed by atoms with E-state index in [1.54, 1.807) is 19.1 Å². The molecule has 17 heavy (non-hydrogen) atoms. The zero-order valence-electron chi connectivity index (χ0n) is 9.80. The second kappa shape index (κ2) is 6.48. The summed E-state index contributed by atoms with van der Waals surface area (Å²) in [6.07, 6.45) is 2.09. The normalized spacial score (nSPS) is 10.2. The van der Waals surface area contributed by atoms with Crippen LogP contribution in [0.15, 0.2) is 36.4 Å². The molecule has 0 saturated carbocycles. The monoisotopic (exact) mass is 234 g/mol. The summed E-state index contributed by atoms with van der Waals surface area (Å²) in [5.41, 5.74) is 0.852. The van der Waals surface area contributed by atoms with E-state index in [1.165, 1.54) is 0 Å². The van der Waals surface area contributed by atoms with E-state index in [-0.39, 0.29) is 6.61 Å². The molecule has 4 nitrogen and oxygen atoms in total. The second-order valence-electron chi connectivity index (χ2n) is 3.27. The number of aryl methyl sites for hydroxylation is 1. The van der Waals surface area contributed by atoms with Crippen molar-refractivity contribution in [3.05, 3.63) is 42.0 Å². The van der Waals surface area contributed by atoms with E-state index in [2.05, 4.69) is 4.74 Å². The summed E-state index contributed by atoms with van der Waals surface area (Å²) < 4.78 is 9.67. The highest BCUT2D eigenvalue weighted by Gasteiger charge is 2.04. The molecule has 0 radical (unpaired) electrons. The average molecular weight is 234 g/mol. The molecular formula is C13H14O4. The summed E-state index contributed by atoms with van der Waals surface area (Å²) in [6.45, 7) is 3.80. The van der Waals surface area contributed by atoms with Gasteiger partial charge in [0, 0.05) is 12.2 Å². The van der Waals surface area contributed by atoms with E-state index in [4.69, 9.17) is 4.74 Å². The molecule has 0 amide bonds. The number of carbonyl (C=O) groups is 2. The van der Waals surface area contributed by atoms with Crippen molar-refractivity contribution in [2.24, 2.45) is 0 Å². The van der Waals surface area contributed by atoms with Gasteiger partial charge in [-0.05, 0) is 25.5 Å². The molecule has 0 aliphatic carbocycles. The minimum atomic E-state index is -0.604. The SMILES string of the molecule is CCOC(=O)/C=C/C(=O)Oc1ccccc1C. The van der Waals surface area contributed by atoms with Gasteiger partial charge < -0.3 is 9.47 Å². The van der Waals surface area contributed by atoms with Gasteiger partial charge in [-0.15, -0.1) is 0 Å². The molecule has 1 aromatic carbocycles. The van der Waals surface area contributed by atoms with Crippen LogP contribution < -0.4 is 4.74 Å². The average Bonchev–Trinajstić information content (AvgIpc) is 2.30. The Hall–Kier alpha value is -2.10. The van der Waals surface area contributed by atoms with Crippen LogP contribution in [0.5, 0.6) is 5.75 Å². The van der Waals surface area contributed by atoms with Crippen LogP contribution in [-0.4, -0.2) is 18.5 Å². The van der Waals surface area contributed by atoms with Gasteiger partial charge in [-0.3, -0.25) is 0 Å². The molecule has 90 valence electrons. The Morgan fingerprint density at radius 1 is 1.18 bits per heavy atom. The van der Waals surface area contributed by atoms with Crippen LogP contribution in [0.4, 0.5) is 0 Å². The van der Waals surface area contributed by atoms with Crippen LogP contribution >= 0.6 is 0 Å². The van der Waals surface area contributed by atoms with Gasteiger partial charge in [0.2, 0.25) is 0 Å². The van der Waals surface area contributed by atoms with Crippen molar-refractivity contribution in [2.45, 2.75) is 13.8 Å². The van der Waals surface area contributed by atoms with Crippen molar-refractivity contribution < 1.29 is 19.1 Å². The van der Waals surface area contributed by atoms with E-state index < -0.39 is 11.9 Å². The largest absolute Gasteiger partial charge is 0.463 e. The Balaban J connectivity index is 2.56. The van der Waals surface area contributed by atoms with Gasteiger partial charge in [-0.2, -0.15) is 0 Å². The molecule has 0 aliphatic heterocycles. The van der Waals surface area contributed by atoms with Gasteiger partial charge in [0.15, 0.2) is 0 Å². The fraction of sp³-hybridized carbons (Fsp3) is 0.231. The highest BCUT2D eigenvalue weighted by molar-refractivity contribution is 5.92. The van der Waals surface area contributed by atoms with Crippen molar-refractivity contribution in [1.82, 2.24) is 0 Å². The topological polar surface area (TPSA) is 52.6 Å². The van der Waals surface area contributed by atoms with Crippen LogP contribution in [0, 0.1) is 6.92 Å². The number of para-hydroxylation sites is 1. The number of carbonyl (C=O) groups excluding carboxylic acids is 2. The van der Waals surface area contributed by atoms with E-state index in [0.717, 1.165) is 17.7 Å². The smallest absolute Gasteiger partial charge is 0.336 e. The highest BCUT2D eigenvalue weighted by atomic mass is 16.5. The molecule has 0 aliphatic rings. The van der Waals surface area contributed by atoms with Crippen LogP contribution in [-0.2, 0) is 14.3 Å². The summed E-state index contributed by atoms with van der Waals surface area (Å²) in [5.74, 6) is -0.687. The third-order valence-electron chi connectivity index (χ3n) is 1.95. The van der Waals surface area contributed by atoms with E-state index >= 15 is 0 Å². The lowest BCUT2D eigenvalue weighted by Gasteiger charge is -2.03. The zero-order valence-corrected chi connectivity index (χ0v) is 9.80. The molecule has 0 unspecified atom stereocenters. The standard InChI is InChI=1S/C13H14O4/c1-3-16-12(14)8-9-13(15)17-11-7-5-4-6-10(11)2/h4-9H,3H2,1-2H3/b9-8+. The molecule has 0 aromatic heterocycles. The predicted molar refractivity (Wildman–Crippen MR) is 62.6 cm³/mol. The third kappa shape index (κ3) is 4.51. The number of rotatable bonds is 4. The van der Waals surface area contributed by atoms with Crippen molar-refractivity contribution in [3.8, 4) is 5.75 Å². The lowest BCUT2D eigenvalue weighted by Crippen LogP contribution is -2.07. The van der Waals surface area contributed by atoms with Crippen molar-refractivity contribution in [2.75, 3.05) is 6.61 Å². The fourth-order valence-corrected chi connectivity index (χ4v) is 1.14. The number of benzene rings is 1. The van der Waals surface area contributed by atoms with E-state index in [0.29, 0.717) is 5.75 Å². The number of esters is 2. The molecule has 0 N–H and O–H groups in total. The Bertz CT molecular complexity index is 435. The Kier molecular flexibility index (Phi) is 4.94. The van der Waals surface area contributed by atoms with E-state index in [9.17, 15) is 9.59 Å². The highest BCUT2D eigenvalue weighted by Crippen LogP contribution is 2.16. The minimum Gasteiger partial charge on any atom is -0.463 e. The minimum absolute atomic E-state index is 0.274. The number of hydrogen-bond acceptors (Lipinski definition) is 4. The number of ether oxygens (including phenoxy) is 2. The summed E-state index contributed by atoms with van der Waals surface area (Å²) in [7, 11) is 0. The molecule has 0 fully saturated rings. The van der Waals surface area contributed by atoms with Crippen LogP contribution in [0.3, 0.4) is 0 Å². The van der Waals surface area contributed by atoms with Crippen molar-refractivity contribution >= 4 is 11.9 Å². The molecule has 1 rings (SSSR count). The summed E-state index contributed by atoms with van der Waals surface area (Å²) in [5, 5.41) is 0. The first kappa shape index (κ1) is 13.0. The van der Waals surface area contributed by atoms with E-state index in [1.807, 2.05) is 19.1 Å². The molecular weight excluding hydrogens is 220 g/mol. The Morgan fingerprint density at radius 2 is 1.82 bits per heavy atom. The lowest BCUT2D eigenvalue weighted by atomic mass is 10.2. The molecule has 0 saturated heterocycles. The third-order valence-corrected chi connectivity index (χ3v) is 1.95. The first-order valence-electron chi connectivity index (χ1n) is 5.25.